The normalized spacial score (nSPS) is 11.6. The van der Waals surface area contributed by atoms with Gasteiger partial charge in [0.15, 0.2) is 0 Å². The predicted molar refractivity (Wildman–Crippen MR) is 89.4 cm³/mol. The highest BCUT2D eigenvalue weighted by Crippen LogP contribution is 2.22. The third-order valence-electron chi connectivity index (χ3n) is 3.30. The summed E-state index contributed by atoms with van der Waals surface area (Å²) in [4.78, 5) is 11.4. The van der Waals surface area contributed by atoms with Crippen molar-refractivity contribution in [2.75, 3.05) is 6.54 Å². The highest BCUT2D eigenvalue weighted by Gasteiger charge is 2.26. The van der Waals surface area contributed by atoms with Crippen LogP contribution in [0.4, 0.5) is 0 Å². The lowest BCUT2D eigenvalue weighted by Gasteiger charge is -2.21. The number of halogens is 1. The Bertz CT molecular complexity index is 804. The molecule has 0 aromatic heterocycles. The molecule has 0 unspecified atom stereocenters. The summed E-state index contributed by atoms with van der Waals surface area (Å²) in [5.74, 6) is -0.729. The molecule has 7 heteroatoms. The van der Waals surface area contributed by atoms with E-state index in [0.29, 0.717) is 10.6 Å². The van der Waals surface area contributed by atoms with Gasteiger partial charge in [0, 0.05) is 11.6 Å². The number of nitrogens with zero attached hydrogens (tertiary/aromatic N) is 1. The Morgan fingerprint density at radius 2 is 1.74 bits per heavy atom. The molecule has 23 heavy (non-hydrogen) atoms. The van der Waals surface area contributed by atoms with Gasteiger partial charge in [0.05, 0.1) is 11.4 Å². The number of rotatable bonds is 6. The first kappa shape index (κ1) is 17.5. The van der Waals surface area contributed by atoms with Crippen LogP contribution in [0.25, 0.3) is 0 Å². The van der Waals surface area contributed by atoms with E-state index in [1.165, 1.54) is 12.1 Å². The second-order valence-corrected chi connectivity index (χ2v) is 7.49. The lowest BCUT2D eigenvalue weighted by molar-refractivity contribution is -0.118. The number of amides is 1. The monoisotopic (exact) mass is 352 g/mol. The molecule has 0 atom stereocenters. The standard InChI is InChI=1S/C16H17ClN2O3S/c1-12-6-8-14(9-7-12)23(21,22)19(11-16(18)20)10-13-4-2-3-5-15(13)17/h2-9H,10-11H2,1H3,(H2,18,20). The quantitative estimate of drug-likeness (QED) is 0.866. The molecule has 0 bridgehead atoms. The lowest BCUT2D eigenvalue weighted by Crippen LogP contribution is -2.38. The average Bonchev–Trinajstić information content (AvgIpc) is 2.48. The van der Waals surface area contributed by atoms with Gasteiger partial charge in [0.25, 0.3) is 0 Å². The van der Waals surface area contributed by atoms with Crippen LogP contribution in [0.2, 0.25) is 5.02 Å². The molecule has 5 nitrogen and oxygen atoms in total. The molecule has 0 spiro atoms. The fraction of sp³-hybridized carbons (Fsp3) is 0.188. The molecule has 0 aliphatic carbocycles. The maximum atomic E-state index is 12.8. The topological polar surface area (TPSA) is 80.5 Å². The number of aryl methyl sites for hydroxylation is 1. The van der Waals surface area contributed by atoms with E-state index in [9.17, 15) is 13.2 Å². The third-order valence-corrected chi connectivity index (χ3v) is 5.47. The fourth-order valence-corrected chi connectivity index (χ4v) is 3.66. The molecular formula is C16H17ClN2O3S. The van der Waals surface area contributed by atoms with E-state index in [1.54, 1.807) is 36.4 Å². The minimum absolute atomic E-state index is 0.0289. The highest BCUT2D eigenvalue weighted by molar-refractivity contribution is 7.89. The number of hydrogen-bond donors (Lipinski definition) is 1. The Balaban J connectivity index is 2.39. The van der Waals surface area contributed by atoms with Crippen LogP contribution < -0.4 is 5.73 Å². The number of benzene rings is 2. The molecule has 0 saturated carbocycles. The van der Waals surface area contributed by atoms with E-state index in [-0.39, 0.29) is 11.4 Å². The second kappa shape index (κ2) is 7.12. The molecule has 0 saturated heterocycles. The zero-order chi connectivity index (χ0) is 17.0. The van der Waals surface area contributed by atoms with Gasteiger partial charge in [-0.1, -0.05) is 47.5 Å². The summed E-state index contributed by atoms with van der Waals surface area (Å²) < 4.78 is 26.6. The molecule has 2 aromatic rings. The molecular weight excluding hydrogens is 336 g/mol. The van der Waals surface area contributed by atoms with Crippen LogP contribution >= 0.6 is 11.6 Å². The van der Waals surface area contributed by atoms with Gasteiger partial charge < -0.3 is 5.73 Å². The molecule has 0 fully saturated rings. The molecule has 0 aliphatic rings. The first-order valence-corrected chi connectivity index (χ1v) is 8.71. The van der Waals surface area contributed by atoms with Crippen molar-refractivity contribution in [1.82, 2.24) is 4.31 Å². The smallest absolute Gasteiger partial charge is 0.243 e. The van der Waals surface area contributed by atoms with Crippen LogP contribution in [-0.2, 0) is 21.4 Å². The van der Waals surface area contributed by atoms with Gasteiger partial charge >= 0.3 is 0 Å². The van der Waals surface area contributed by atoms with E-state index in [4.69, 9.17) is 17.3 Å². The summed E-state index contributed by atoms with van der Waals surface area (Å²) in [6.45, 7) is 1.42. The van der Waals surface area contributed by atoms with Gasteiger partial charge in [0.2, 0.25) is 15.9 Å². The lowest BCUT2D eigenvalue weighted by atomic mass is 10.2. The predicted octanol–water partition coefficient (Wildman–Crippen LogP) is 2.32. The average molecular weight is 353 g/mol. The van der Waals surface area contributed by atoms with E-state index in [2.05, 4.69) is 0 Å². The van der Waals surface area contributed by atoms with Gasteiger partial charge in [-0.3, -0.25) is 4.79 Å². The molecule has 0 radical (unpaired) electrons. The SMILES string of the molecule is Cc1ccc(S(=O)(=O)N(CC(N)=O)Cc2ccccc2Cl)cc1. The summed E-state index contributed by atoms with van der Waals surface area (Å²) in [5, 5.41) is 0.432. The van der Waals surface area contributed by atoms with Crippen molar-refractivity contribution in [3.05, 3.63) is 64.7 Å². The van der Waals surface area contributed by atoms with Gasteiger partial charge in [-0.05, 0) is 30.7 Å². The third kappa shape index (κ3) is 4.31. The van der Waals surface area contributed by atoms with E-state index in [1.807, 2.05) is 6.92 Å². The van der Waals surface area contributed by atoms with Crippen LogP contribution in [0.5, 0.6) is 0 Å². The molecule has 2 N–H and O–H groups in total. The summed E-state index contributed by atoms with van der Waals surface area (Å²) >= 11 is 6.08. The molecule has 0 heterocycles. The van der Waals surface area contributed by atoms with Crippen LogP contribution in [0.3, 0.4) is 0 Å². The Hall–Kier alpha value is -1.89. The Kier molecular flexibility index (Phi) is 5.41. The Morgan fingerprint density at radius 3 is 2.30 bits per heavy atom. The second-order valence-electron chi connectivity index (χ2n) is 5.14. The van der Waals surface area contributed by atoms with E-state index < -0.39 is 22.5 Å². The van der Waals surface area contributed by atoms with Crippen molar-refractivity contribution >= 4 is 27.5 Å². The summed E-state index contributed by atoms with van der Waals surface area (Å²) in [5.41, 5.74) is 6.75. The summed E-state index contributed by atoms with van der Waals surface area (Å²) in [7, 11) is -3.85. The minimum Gasteiger partial charge on any atom is -0.369 e. The van der Waals surface area contributed by atoms with Gasteiger partial charge in [0.1, 0.15) is 0 Å². The van der Waals surface area contributed by atoms with Crippen LogP contribution in [0, 0.1) is 6.92 Å². The first-order valence-electron chi connectivity index (χ1n) is 6.89. The number of carbonyl (C=O) groups excluding carboxylic acids is 1. The Labute approximate surface area is 140 Å². The molecule has 1 amide bonds. The zero-order valence-electron chi connectivity index (χ0n) is 12.6. The molecule has 2 aromatic carbocycles. The number of carbonyl (C=O) groups is 1. The Morgan fingerprint density at radius 1 is 1.13 bits per heavy atom. The van der Waals surface area contributed by atoms with E-state index in [0.717, 1.165) is 9.87 Å². The van der Waals surface area contributed by atoms with Gasteiger partial charge in [-0.15, -0.1) is 0 Å². The van der Waals surface area contributed by atoms with Gasteiger partial charge in [-0.25, -0.2) is 8.42 Å². The number of primary amides is 1. The van der Waals surface area contributed by atoms with Crippen LogP contribution in [0.15, 0.2) is 53.4 Å². The summed E-state index contributed by atoms with van der Waals surface area (Å²) in [6.07, 6.45) is 0. The minimum atomic E-state index is -3.85. The maximum absolute atomic E-state index is 12.8. The first-order chi connectivity index (χ1) is 10.8. The molecule has 2 rings (SSSR count). The number of nitrogens with two attached hydrogens (primary N) is 1. The van der Waals surface area contributed by atoms with E-state index >= 15 is 0 Å². The van der Waals surface area contributed by atoms with Crippen molar-refractivity contribution in [3.63, 3.8) is 0 Å². The molecule has 0 aliphatic heterocycles. The summed E-state index contributed by atoms with van der Waals surface area (Å²) in [6, 6.07) is 13.3. The van der Waals surface area contributed by atoms with Crippen molar-refractivity contribution < 1.29 is 13.2 Å². The zero-order valence-corrected chi connectivity index (χ0v) is 14.1. The highest BCUT2D eigenvalue weighted by atomic mass is 35.5. The largest absolute Gasteiger partial charge is 0.369 e. The van der Waals surface area contributed by atoms with Crippen LogP contribution in [-0.4, -0.2) is 25.2 Å². The van der Waals surface area contributed by atoms with Crippen LogP contribution in [0.1, 0.15) is 11.1 Å². The maximum Gasteiger partial charge on any atom is 0.243 e. The fourth-order valence-electron chi connectivity index (χ4n) is 2.08. The number of sulfonamides is 1. The molecule has 122 valence electrons. The van der Waals surface area contributed by atoms with Gasteiger partial charge in [-0.2, -0.15) is 4.31 Å². The van der Waals surface area contributed by atoms with Crippen molar-refractivity contribution in [1.29, 1.82) is 0 Å². The van der Waals surface area contributed by atoms with Crippen molar-refractivity contribution in [2.45, 2.75) is 18.4 Å². The number of hydrogen-bond acceptors (Lipinski definition) is 3. The van der Waals surface area contributed by atoms with Crippen molar-refractivity contribution in [2.24, 2.45) is 5.73 Å². The van der Waals surface area contributed by atoms with Crippen molar-refractivity contribution in [3.8, 4) is 0 Å².